The number of nitrogens with zero attached hydrogens (tertiary/aromatic N) is 3. The normalized spacial score (nSPS) is 18.7. The van der Waals surface area contributed by atoms with E-state index in [9.17, 15) is 4.79 Å². The Balaban J connectivity index is 2.18. The Morgan fingerprint density at radius 1 is 1.67 bits per heavy atom. The van der Waals surface area contributed by atoms with Crippen molar-refractivity contribution in [2.75, 3.05) is 36.1 Å². The third-order valence-electron chi connectivity index (χ3n) is 3.01. The minimum atomic E-state index is 0.161. The number of carbonyl (C=O) groups excluding carboxylic acids is 1. The van der Waals surface area contributed by atoms with Gasteiger partial charge in [-0.05, 0) is 12.8 Å². The predicted octanol–water partition coefficient (Wildman–Crippen LogP) is 0.242. The maximum atomic E-state index is 10.3. The summed E-state index contributed by atoms with van der Waals surface area (Å²) in [6.45, 7) is 1.73. The van der Waals surface area contributed by atoms with Crippen LogP contribution in [0.2, 0.25) is 0 Å². The van der Waals surface area contributed by atoms with Gasteiger partial charge in [-0.1, -0.05) is 0 Å². The summed E-state index contributed by atoms with van der Waals surface area (Å²) in [6.07, 6.45) is 2.03. The number of carbonyl (C=O) groups is 1. The van der Waals surface area contributed by atoms with Crippen molar-refractivity contribution in [1.82, 2.24) is 9.97 Å². The van der Waals surface area contributed by atoms with Crippen molar-refractivity contribution in [2.24, 2.45) is 0 Å². The van der Waals surface area contributed by atoms with Gasteiger partial charge in [0.1, 0.15) is 18.2 Å². The molecular formula is C11H17N5O2. The monoisotopic (exact) mass is 251 g/mol. The number of nitrogens with one attached hydrogen (secondary N) is 1. The van der Waals surface area contributed by atoms with Crippen LogP contribution in [0, 0.1) is 0 Å². The van der Waals surface area contributed by atoms with E-state index in [1.54, 1.807) is 7.05 Å². The summed E-state index contributed by atoms with van der Waals surface area (Å²) in [4.78, 5) is 20.6. The zero-order chi connectivity index (χ0) is 13.0. The molecule has 0 aliphatic carbocycles. The lowest BCUT2D eigenvalue weighted by Crippen LogP contribution is -2.33. The summed E-state index contributed by atoms with van der Waals surface area (Å²) >= 11 is 0. The molecule has 1 saturated heterocycles. The Hall–Kier alpha value is -2.05. The zero-order valence-electron chi connectivity index (χ0n) is 10.3. The first-order chi connectivity index (χ1) is 8.74. The zero-order valence-corrected chi connectivity index (χ0v) is 10.3. The van der Waals surface area contributed by atoms with Crippen LogP contribution in [0.1, 0.15) is 12.8 Å². The molecule has 1 aliphatic heterocycles. The van der Waals surface area contributed by atoms with E-state index in [0.717, 1.165) is 25.2 Å². The lowest BCUT2D eigenvalue weighted by atomic mass is 10.2. The average Bonchev–Trinajstić information content (AvgIpc) is 2.83. The number of rotatable bonds is 5. The first-order valence-corrected chi connectivity index (χ1v) is 5.89. The molecule has 0 spiro atoms. The van der Waals surface area contributed by atoms with Crippen molar-refractivity contribution in [2.45, 2.75) is 18.9 Å². The quantitative estimate of drug-likeness (QED) is 0.724. The Morgan fingerprint density at radius 2 is 2.50 bits per heavy atom. The fourth-order valence-corrected chi connectivity index (χ4v) is 2.19. The van der Waals surface area contributed by atoms with Gasteiger partial charge in [0.15, 0.2) is 0 Å². The minimum absolute atomic E-state index is 0.161. The third-order valence-corrected chi connectivity index (χ3v) is 3.01. The van der Waals surface area contributed by atoms with E-state index in [-0.39, 0.29) is 12.0 Å². The van der Waals surface area contributed by atoms with Crippen molar-refractivity contribution in [3.05, 3.63) is 6.07 Å². The molecule has 0 aromatic carbocycles. The molecule has 0 unspecified atom stereocenters. The number of nitrogens with two attached hydrogens (primary N) is 1. The molecule has 0 radical (unpaired) electrons. The fourth-order valence-electron chi connectivity index (χ4n) is 2.19. The van der Waals surface area contributed by atoms with Gasteiger partial charge in [0.25, 0.3) is 6.47 Å². The molecule has 0 saturated carbocycles. The summed E-state index contributed by atoms with van der Waals surface area (Å²) in [5.74, 6) is 1.68. The van der Waals surface area contributed by atoms with Crippen molar-refractivity contribution < 1.29 is 9.53 Å². The minimum Gasteiger partial charge on any atom is -0.466 e. The molecule has 1 aliphatic rings. The van der Waals surface area contributed by atoms with Crippen LogP contribution in [0.15, 0.2) is 6.07 Å². The van der Waals surface area contributed by atoms with E-state index in [4.69, 9.17) is 10.5 Å². The molecule has 2 heterocycles. The Bertz CT molecular complexity index is 426. The molecule has 98 valence electrons. The Kier molecular flexibility index (Phi) is 3.81. The van der Waals surface area contributed by atoms with E-state index < -0.39 is 0 Å². The molecular weight excluding hydrogens is 234 g/mol. The molecule has 0 amide bonds. The predicted molar refractivity (Wildman–Crippen MR) is 68.4 cm³/mol. The summed E-state index contributed by atoms with van der Waals surface area (Å²) in [6, 6.07) is 2.00. The first kappa shape index (κ1) is 12.4. The Labute approximate surface area is 105 Å². The molecule has 1 fully saturated rings. The van der Waals surface area contributed by atoms with Crippen LogP contribution >= 0.6 is 0 Å². The molecule has 7 nitrogen and oxygen atoms in total. The molecule has 0 bridgehead atoms. The van der Waals surface area contributed by atoms with Gasteiger partial charge in [-0.25, -0.2) is 0 Å². The van der Waals surface area contributed by atoms with Crippen molar-refractivity contribution >= 4 is 24.1 Å². The van der Waals surface area contributed by atoms with Crippen LogP contribution in [-0.2, 0) is 9.53 Å². The molecule has 1 atom stereocenters. The smallest absolute Gasteiger partial charge is 0.293 e. The van der Waals surface area contributed by atoms with Crippen LogP contribution in [0.3, 0.4) is 0 Å². The lowest BCUT2D eigenvalue weighted by molar-refractivity contribution is -0.129. The molecule has 2 rings (SSSR count). The largest absolute Gasteiger partial charge is 0.466 e. The van der Waals surface area contributed by atoms with Gasteiger partial charge in [0.2, 0.25) is 5.95 Å². The van der Waals surface area contributed by atoms with Gasteiger partial charge in [-0.2, -0.15) is 9.97 Å². The molecule has 7 heteroatoms. The molecule has 3 N–H and O–H groups in total. The van der Waals surface area contributed by atoms with Crippen molar-refractivity contribution in [3.8, 4) is 0 Å². The number of hydrogen-bond donors (Lipinski definition) is 2. The van der Waals surface area contributed by atoms with Crippen LogP contribution < -0.4 is 16.0 Å². The highest BCUT2D eigenvalue weighted by atomic mass is 16.5. The Morgan fingerprint density at radius 3 is 3.22 bits per heavy atom. The lowest BCUT2D eigenvalue weighted by Gasteiger charge is -2.25. The summed E-state index contributed by atoms with van der Waals surface area (Å²) < 4.78 is 4.84. The average molecular weight is 251 g/mol. The summed E-state index contributed by atoms with van der Waals surface area (Å²) in [5.41, 5.74) is 5.67. The van der Waals surface area contributed by atoms with Gasteiger partial charge in [-0.15, -0.1) is 0 Å². The molecule has 1 aromatic heterocycles. The molecule has 18 heavy (non-hydrogen) atoms. The highest BCUT2D eigenvalue weighted by molar-refractivity contribution is 5.53. The second-order valence-electron chi connectivity index (χ2n) is 4.14. The highest BCUT2D eigenvalue weighted by Gasteiger charge is 2.26. The van der Waals surface area contributed by atoms with E-state index in [1.165, 1.54) is 0 Å². The fraction of sp³-hybridized carbons (Fsp3) is 0.545. The standard InChI is InChI=1S/C11H17N5O2/c1-13-9-5-10(15-11(12)14-9)16-4-2-3-8(16)6-18-7-17/h5,7-8H,2-4,6H2,1H3,(H3,12,13,14,15)/t8-/m1/s1. The number of aromatic nitrogens is 2. The van der Waals surface area contributed by atoms with Crippen LogP contribution in [0.25, 0.3) is 0 Å². The highest BCUT2D eigenvalue weighted by Crippen LogP contribution is 2.26. The maximum Gasteiger partial charge on any atom is 0.293 e. The maximum absolute atomic E-state index is 10.3. The van der Waals surface area contributed by atoms with Gasteiger partial charge in [0, 0.05) is 19.7 Å². The van der Waals surface area contributed by atoms with E-state index in [0.29, 0.717) is 18.9 Å². The third kappa shape index (κ3) is 2.61. The van der Waals surface area contributed by atoms with Crippen LogP contribution in [-0.4, -0.2) is 42.7 Å². The second-order valence-corrected chi connectivity index (χ2v) is 4.14. The van der Waals surface area contributed by atoms with Gasteiger partial charge in [-0.3, -0.25) is 4.79 Å². The summed E-state index contributed by atoms with van der Waals surface area (Å²) in [7, 11) is 1.78. The number of anilines is 3. The van der Waals surface area contributed by atoms with Crippen molar-refractivity contribution in [3.63, 3.8) is 0 Å². The van der Waals surface area contributed by atoms with E-state index >= 15 is 0 Å². The van der Waals surface area contributed by atoms with E-state index in [1.807, 2.05) is 6.07 Å². The van der Waals surface area contributed by atoms with Gasteiger partial charge < -0.3 is 20.7 Å². The summed E-state index contributed by atoms with van der Waals surface area (Å²) in [5, 5.41) is 2.94. The topological polar surface area (TPSA) is 93.4 Å². The van der Waals surface area contributed by atoms with Gasteiger partial charge >= 0.3 is 0 Å². The second kappa shape index (κ2) is 5.52. The van der Waals surface area contributed by atoms with Crippen LogP contribution in [0.4, 0.5) is 17.6 Å². The van der Waals surface area contributed by atoms with Crippen LogP contribution in [0.5, 0.6) is 0 Å². The van der Waals surface area contributed by atoms with Gasteiger partial charge in [0.05, 0.1) is 6.04 Å². The first-order valence-electron chi connectivity index (χ1n) is 5.89. The van der Waals surface area contributed by atoms with E-state index in [2.05, 4.69) is 20.2 Å². The number of nitrogen functional groups attached to an aromatic ring is 1. The SMILES string of the molecule is CNc1cc(N2CCC[C@@H]2COC=O)nc(N)n1. The van der Waals surface area contributed by atoms with Crippen molar-refractivity contribution in [1.29, 1.82) is 0 Å². The number of ether oxygens (including phenoxy) is 1. The molecule has 1 aromatic rings. The number of hydrogen-bond acceptors (Lipinski definition) is 7.